The van der Waals surface area contributed by atoms with Crippen LogP contribution in [0, 0.1) is 0 Å². The van der Waals surface area contributed by atoms with Gasteiger partial charge in [-0.2, -0.15) is 0 Å². The van der Waals surface area contributed by atoms with Crippen molar-refractivity contribution in [3.05, 3.63) is 29.8 Å². The Morgan fingerprint density at radius 1 is 1.24 bits per heavy atom. The molecule has 0 aliphatic carbocycles. The van der Waals surface area contributed by atoms with Crippen LogP contribution in [0.3, 0.4) is 0 Å². The molecule has 1 aromatic carbocycles. The van der Waals surface area contributed by atoms with Gasteiger partial charge in [0.25, 0.3) is 5.91 Å². The predicted octanol–water partition coefficient (Wildman–Crippen LogP) is 3.04. The quantitative estimate of drug-likeness (QED) is 0.847. The maximum Gasteiger partial charge on any atom is 0.261 e. The molecule has 2 N–H and O–H groups in total. The molecule has 0 aromatic heterocycles. The molecule has 0 aliphatic heterocycles. The Labute approximate surface area is 128 Å². The fourth-order valence-electron chi connectivity index (χ4n) is 2.11. The van der Waals surface area contributed by atoms with Crippen LogP contribution in [0.5, 0.6) is 5.75 Å². The molecule has 1 amide bonds. The largest absolute Gasteiger partial charge is 0.481 e. The summed E-state index contributed by atoms with van der Waals surface area (Å²) in [6, 6.07) is 8.25. The van der Waals surface area contributed by atoms with E-state index in [1.54, 1.807) is 6.92 Å². The van der Waals surface area contributed by atoms with Gasteiger partial charge in [0.1, 0.15) is 5.75 Å². The van der Waals surface area contributed by atoms with E-state index in [1.807, 2.05) is 52.1 Å². The third kappa shape index (κ3) is 5.76. The number of nitrogens with one attached hydrogen (secondary N) is 2. The second-order valence-electron chi connectivity index (χ2n) is 6.32. The van der Waals surface area contributed by atoms with Crippen LogP contribution in [0.1, 0.15) is 52.6 Å². The minimum Gasteiger partial charge on any atom is -0.481 e. The summed E-state index contributed by atoms with van der Waals surface area (Å²) >= 11 is 0. The van der Waals surface area contributed by atoms with Crippen LogP contribution in [0.2, 0.25) is 0 Å². The molecule has 0 bridgehead atoms. The topological polar surface area (TPSA) is 50.4 Å². The van der Waals surface area contributed by atoms with Crippen LogP contribution < -0.4 is 15.4 Å². The molecule has 0 saturated carbocycles. The first-order valence-corrected chi connectivity index (χ1v) is 7.52. The molecule has 0 heterocycles. The summed E-state index contributed by atoms with van der Waals surface area (Å²) in [4.78, 5) is 12.0. The molecular weight excluding hydrogens is 264 g/mol. The van der Waals surface area contributed by atoms with E-state index in [4.69, 9.17) is 4.74 Å². The van der Waals surface area contributed by atoms with Crippen LogP contribution in [0.15, 0.2) is 24.3 Å². The van der Waals surface area contributed by atoms with Gasteiger partial charge in [0.2, 0.25) is 0 Å². The van der Waals surface area contributed by atoms with Crippen molar-refractivity contribution in [3.63, 3.8) is 0 Å². The van der Waals surface area contributed by atoms with E-state index >= 15 is 0 Å². The molecule has 0 spiro atoms. The van der Waals surface area contributed by atoms with Gasteiger partial charge in [0, 0.05) is 11.6 Å². The smallest absolute Gasteiger partial charge is 0.261 e. The summed E-state index contributed by atoms with van der Waals surface area (Å²) in [5, 5.41) is 6.18. The first-order valence-electron chi connectivity index (χ1n) is 7.52. The standard InChI is InChI=1S/C17H28N2O2/c1-7-15(18-6)13-8-10-14(11-9-13)21-12(2)16(20)19-17(3,4)5/h8-12,15,18H,7H2,1-6H3,(H,19,20). The van der Waals surface area contributed by atoms with Crippen LogP contribution in [0.25, 0.3) is 0 Å². The van der Waals surface area contributed by atoms with Crippen molar-refractivity contribution in [2.24, 2.45) is 0 Å². The third-order valence-electron chi connectivity index (χ3n) is 3.22. The van der Waals surface area contributed by atoms with Gasteiger partial charge in [-0.1, -0.05) is 19.1 Å². The molecule has 2 atom stereocenters. The Kier molecular flexibility index (Phi) is 6.21. The van der Waals surface area contributed by atoms with Gasteiger partial charge in [-0.3, -0.25) is 4.79 Å². The molecule has 21 heavy (non-hydrogen) atoms. The van der Waals surface area contributed by atoms with Crippen molar-refractivity contribution in [1.82, 2.24) is 10.6 Å². The van der Waals surface area contributed by atoms with Crippen molar-refractivity contribution >= 4 is 5.91 Å². The Hall–Kier alpha value is -1.55. The van der Waals surface area contributed by atoms with Gasteiger partial charge in [0.15, 0.2) is 6.10 Å². The number of hydrogen-bond acceptors (Lipinski definition) is 3. The number of ether oxygens (including phenoxy) is 1. The first kappa shape index (κ1) is 17.5. The number of amides is 1. The van der Waals surface area contributed by atoms with Gasteiger partial charge in [-0.25, -0.2) is 0 Å². The maximum absolute atomic E-state index is 12.0. The number of carbonyl (C=O) groups excluding carboxylic acids is 1. The molecule has 2 unspecified atom stereocenters. The lowest BCUT2D eigenvalue weighted by molar-refractivity contribution is -0.128. The van der Waals surface area contributed by atoms with E-state index in [2.05, 4.69) is 17.6 Å². The highest BCUT2D eigenvalue weighted by Crippen LogP contribution is 2.20. The van der Waals surface area contributed by atoms with Crippen LogP contribution >= 0.6 is 0 Å². The predicted molar refractivity (Wildman–Crippen MR) is 86.5 cm³/mol. The van der Waals surface area contributed by atoms with E-state index in [1.165, 1.54) is 5.56 Å². The number of carbonyl (C=O) groups is 1. The Balaban J connectivity index is 2.65. The highest BCUT2D eigenvalue weighted by molar-refractivity contribution is 5.81. The summed E-state index contributed by atoms with van der Waals surface area (Å²) in [6.07, 6.45) is 0.516. The Morgan fingerprint density at radius 3 is 2.24 bits per heavy atom. The van der Waals surface area contributed by atoms with E-state index < -0.39 is 6.10 Å². The highest BCUT2D eigenvalue weighted by Gasteiger charge is 2.20. The van der Waals surface area contributed by atoms with Crippen LogP contribution in [-0.4, -0.2) is 24.6 Å². The molecule has 4 heteroatoms. The van der Waals surface area contributed by atoms with E-state index in [-0.39, 0.29) is 11.4 Å². The fraction of sp³-hybridized carbons (Fsp3) is 0.588. The monoisotopic (exact) mass is 292 g/mol. The molecule has 0 saturated heterocycles. The van der Waals surface area contributed by atoms with Crippen molar-refractivity contribution in [3.8, 4) is 5.75 Å². The zero-order chi connectivity index (χ0) is 16.0. The first-order chi connectivity index (χ1) is 9.76. The average Bonchev–Trinajstić information content (AvgIpc) is 2.40. The van der Waals surface area contributed by atoms with Gasteiger partial charge in [0.05, 0.1) is 0 Å². The molecule has 0 radical (unpaired) electrons. The summed E-state index contributed by atoms with van der Waals surface area (Å²) in [6.45, 7) is 9.76. The Bertz CT molecular complexity index is 445. The molecule has 118 valence electrons. The normalized spacial score (nSPS) is 14.4. The lowest BCUT2D eigenvalue weighted by Crippen LogP contribution is -2.46. The summed E-state index contributed by atoms with van der Waals surface area (Å²) in [7, 11) is 1.96. The van der Waals surface area contributed by atoms with E-state index in [9.17, 15) is 4.79 Å². The second kappa shape index (κ2) is 7.46. The highest BCUT2D eigenvalue weighted by atomic mass is 16.5. The SMILES string of the molecule is CCC(NC)c1ccc(OC(C)C(=O)NC(C)(C)C)cc1. The lowest BCUT2D eigenvalue weighted by atomic mass is 10.0. The number of hydrogen-bond donors (Lipinski definition) is 2. The average molecular weight is 292 g/mol. The van der Waals surface area contributed by atoms with Gasteiger partial charge in [-0.15, -0.1) is 0 Å². The van der Waals surface area contributed by atoms with Crippen molar-refractivity contribution in [2.45, 2.75) is 58.7 Å². The zero-order valence-electron chi connectivity index (χ0n) is 14.0. The van der Waals surface area contributed by atoms with E-state index in [0.29, 0.717) is 11.8 Å². The van der Waals surface area contributed by atoms with Crippen LogP contribution in [-0.2, 0) is 4.79 Å². The molecule has 1 rings (SSSR count). The van der Waals surface area contributed by atoms with E-state index in [0.717, 1.165) is 6.42 Å². The number of benzene rings is 1. The molecule has 0 fully saturated rings. The van der Waals surface area contributed by atoms with Gasteiger partial charge in [-0.05, 0) is 58.9 Å². The second-order valence-corrected chi connectivity index (χ2v) is 6.32. The van der Waals surface area contributed by atoms with Crippen molar-refractivity contribution in [2.75, 3.05) is 7.05 Å². The summed E-state index contributed by atoms with van der Waals surface area (Å²) in [5.41, 5.74) is 0.971. The summed E-state index contributed by atoms with van der Waals surface area (Å²) < 4.78 is 5.69. The summed E-state index contributed by atoms with van der Waals surface area (Å²) in [5.74, 6) is 0.606. The van der Waals surface area contributed by atoms with Gasteiger partial charge >= 0.3 is 0 Å². The molecule has 4 nitrogen and oxygen atoms in total. The molecule has 1 aromatic rings. The minimum absolute atomic E-state index is 0.103. The maximum atomic E-state index is 12.0. The Morgan fingerprint density at radius 2 is 1.81 bits per heavy atom. The number of rotatable bonds is 6. The van der Waals surface area contributed by atoms with Crippen molar-refractivity contribution in [1.29, 1.82) is 0 Å². The molecule has 0 aliphatic rings. The van der Waals surface area contributed by atoms with Gasteiger partial charge < -0.3 is 15.4 Å². The fourth-order valence-corrected chi connectivity index (χ4v) is 2.11. The van der Waals surface area contributed by atoms with Crippen molar-refractivity contribution < 1.29 is 9.53 Å². The molecular formula is C17H28N2O2. The third-order valence-corrected chi connectivity index (χ3v) is 3.22. The zero-order valence-corrected chi connectivity index (χ0v) is 14.0. The lowest BCUT2D eigenvalue weighted by Gasteiger charge is -2.23. The van der Waals surface area contributed by atoms with Crippen LogP contribution in [0.4, 0.5) is 0 Å². The minimum atomic E-state index is -0.513.